The van der Waals surface area contributed by atoms with Crippen LogP contribution in [0.3, 0.4) is 0 Å². The van der Waals surface area contributed by atoms with Crippen molar-refractivity contribution in [1.82, 2.24) is 14.8 Å². The van der Waals surface area contributed by atoms with Gasteiger partial charge in [-0.3, -0.25) is 0 Å². The minimum Gasteiger partial charge on any atom is -0.324 e. The summed E-state index contributed by atoms with van der Waals surface area (Å²) in [5.41, 5.74) is 2.70. The Morgan fingerprint density at radius 3 is 2.18 bits per heavy atom. The Balaban J connectivity index is 1.52. The van der Waals surface area contributed by atoms with Gasteiger partial charge in [-0.15, -0.1) is 5.10 Å². The maximum Gasteiger partial charge on any atom is 0.264 e. The van der Waals surface area contributed by atoms with Crippen molar-refractivity contribution in [2.45, 2.75) is 10.9 Å². The molecule has 166 valence electrons. The molecule has 0 saturated carbocycles. The highest BCUT2D eigenvalue weighted by molar-refractivity contribution is 7.92. The van der Waals surface area contributed by atoms with Crippen molar-refractivity contribution >= 4 is 50.8 Å². The fraction of sp³-hybridized carbons (Fsp3) is 0.0435. The third-order valence-corrected chi connectivity index (χ3v) is 6.96. The molecule has 1 atom stereocenters. The molecule has 1 aliphatic rings. The molecule has 1 unspecified atom stereocenters. The van der Waals surface area contributed by atoms with E-state index in [1.807, 2.05) is 60.7 Å². The van der Waals surface area contributed by atoms with E-state index < -0.39 is 10.0 Å². The summed E-state index contributed by atoms with van der Waals surface area (Å²) in [6.07, 6.45) is 2.01. The maximum absolute atomic E-state index is 12.8. The summed E-state index contributed by atoms with van der Waals surface area (Å²) in [5, 5.41) is 8.76. The van der Waals surface area contributed by atoms with Crippen LogP contribution in [0.2, 0.25) is 10.0 Å². The molecule has 7 nitrogen and oxygen atoms in total. The average Bonchev–Trinajstić information content (AvgIpc) is 3.21. The van der Waals surface area contributed by atoms with Gasteiger partial charge < -0.3 is 5.32 Å². The van der Waals surface area contributed by atoms with E-state index >= 15 is 0 Å². The first kappa shape index (κ1) is 21.5. The van der Waals surface area contributed by atoms with Gasteiger partial charge in [-0.05, 0) is 53.6 Å². The lowest BCUT2D eigenvalue weighted by molar-refractivity contribution is 0.598. The van der Waals surface area contributed by atoms with Crippen LogP contribution in [0.5, 0.6) is 0 Å². The predicted octanol–water partition coefficient (Wildman–Crippen LogP) is 5.44. The summed E-state index contributed by atoms with van der Waals surface area (Å²) in [6.45, 7) is 0. The summed E-state index contributed by atoms with van der Waals surface area (Å²) in [6, 6.07) is 22.8. The third kappa shape index (κ3) is 4.45. The van der Waals surface area contributed by atoms with Crippen molar-refractivity contribution in [2.75, 3.05) is 10.0 Å². The summed E-state index contributed by atoms with van der Waals surface area (Å²) in [7, 11) is -3.89. The zero-order chi connectivity index (χ0) is 23.0. The molecule has 2 heterocycles. The summed E-state index contributed by atoms with van der Waals surface area (Å²) < 4.78 is 29.7. The summed E-state index contributed by atoms with van der Waals surface area (Å²) >= 11 is 11.9. The van der Waals surface area contributed by atoms with Gasteiger partial charge in [0.2, 0.25) is 5.95 Å². The first-order valence-corrected chi connectivity index (χ1v) is 12.2. The number of anilines is 2. The minimum absolute atomic E-state index is 0.0425. The molecule has 0 aliphatic carbocycles. The maximum atomic E-state index is 12.8. The van der Waals surface area contributed by atoms with Crippen LogP contribution in [0.1, 0.15) is 17.2 Å². The standard InChI is InChI=1S/C23H17Cl2N5O2S/c24-17-8-6-15(7-9-17)20-14-21(16-4-2-1-3-5-16)30-23(26-20)27-22(28-30)29-33(31,32)19-12-10-18(25)11-13-19/h1-14,21H,(H2,26,27,28,29). The lowest BCUT2D eigenvalue weighted by Crippen LogP contribution is -2.20. The molecule has 0 saturated heterocycles. The highest BCUT2D eigenvalue weighted by Gasteiger charge is 2.27. The second-order valence-electron chi connectivity index (χ2n) is 7.33. The van der Waals surface area contributed by atoms with E-state index in [2.05, 4.69) is 20.1 Å². The molecule has 10 heteroatoms. The van der Waals surface area contributed by atoms with E-state index in [0.29, 0.717) is 16.0 Å². The molecule has 0 spiro atoms. The number of allylic oxidation sites excluding steroid dienone is 1. The fourth-order valence-electron chi connectivity index (χ4n) is 3.51. The predicted molar refractivity (Wildman–Crippen MR) is 130 cm³/mol. The average molecular weight is 498 g/mol. The number of benzene rings is 3. The topological polar surface area (TPSA) is 88.9 Å². The van der Waals surface area contributed by atoms with Gasteiger partial charge in [-0.2, -0.15) is 4.98 Å². The van der Waals surface area contributed by atoms with Crippen LogP contribution in [0, 0.1) is 0 Å². The zero-order valence-electron chi connectivity index (χ0n) is 17.0. The van der Waals surface area contributed by atoms with Crippen molar-refractivity contribution in [3.8, 4) is 0 Å². The van der Waals surface area contributed by atoms with Crippen LogP contribution in [-0.4, -0.2) is 23.2 Å². The molecule has 4 aromatic rings. The lowest BCUT2D eigenvalue weighted by atomic mass is 10.0. The van der Waals surface area contributed by atoms with Gasteiger partial charge in [0.15, 0.2) is 0 Å². The van der Waals surface area contributed by atoms with Crippen LogP contribution in [0.4, 0.5) is 11.9 Å². The van der Waals surface area contributed by atoms with Crippen LogP contribution in [0.25, 0.3) is 5.70 Å². The van der Waals surface area contributed by atoms with E-state index in [1.54, 1.807) is 4.68 Å². The Bertz CT molecular complexity index is 1430. The number of fused-ring (bicyclic) bond motifs is 1. The molecule has 0 bridgehead atoms. The molecule has 5 rings (SSSR count). The Hall–Kier alpha value is -3.33. The highest BCUT2D eigenvalue weighted by Crippen LogP contribution is 2.33. The van der Waals surface area contributed by atoms with E-state index in [1.165, 1.54) is 24.3 Å². The second kappa shape index (κ2) is 8.55. The molecule has 1 aromatic heterocycles. The van der Waals surface area contributed by atoms with E-state index in [9.17, 15) is 8.42 Å². The van der Waals surface area contributed by atoms with Gasteiger partial charge in [0.1, 0.15) is 6.04 Å². The minimum atomic E-state index is -3.89. The summed E-state index contributed by atoms with van der Waals surface area (Å²) in [5.74, 6) is 0.365. The molecular weight excluding hydrogens is 481 g/mol. The van der Waals surface area contributed by atoms with Gasteiger partial charge in [0, 0.05) is 15.7 Å². The molecule has 0 radical (unpaired) electrons. The van der Waals surface area contributed by atoms with Crippen molar-refractivity contribution in [2.24, 2.45) is 0 Å². The van der Waals surface area contributed by atoms with E-state index in [-0.39, 0.29) is 16.9 Å². The van der Waals surface area contributed by atoms with Gasteiger partial charge in [0.05, 0.1) is 4.90 Å². The van der Waals surface area contributed by atoms with E-state index in [0.717, 1.165) is 16.8 Å². The summed E-state index contributed by atoms with van der Waals surface area (Å²) in [4.78, 5) is 4.47. The smallest absolute Gasteiger partial charge is 0.264 e. The van der Waals surface area contributed by atoms with Crippen molar-refractivity contribution in [3.63, 3.8) is 0 Å². The molecule has 3 aromatic carbocycles. The molecule has 1 aliphatic heterocycles. The number of halogens is 2. The third-order valence-electron chi connectivity index (χ3n) is 5.11. The van der Waals surface area contributed by atoms with Crippen molar-refractivity contribution in [1.29, 1.82) is 0 Å². The molecule has 2 N–H and O–H groups in total. The number of hydrogen-bond donors (Lipinski definition) is 2. The second-order valence-corrected chi connectivity index (χ2v) is 9.89. The number of nitrogens with one attached hydrogen (secondary N) is 2. The largest absolute Gasteiger partial charge is 0.324 e. The SMILES string of the molecule is O=S(=O)(Nc1nc2n(n1)C(c1ccccc1)C=C(c1ccc(Cl)cc1)N2)c1ccc(Cl)cc1. The monoisotopic (exact) mass is 497 g/mol. The van der Waals surface area contributed by atoms with Gasteiger partial charge >= 0.3 is 0 Å². The van der Waals surface area contributed by atoms with Gasteiger partial charge in [0.25, 0.3) is 16.0 Å². The normalized spacial score (nSPS) is 15.3. The first-order valence-electron chi connectivity index (χ1n) is 9.94. The number of hydrogen-bond acceptors (Lipinski definition) is 5. The van der Waals surface area contributed by atoms with Gasteiger partial charge in [-0.1, -0.05) is 65.7 Å². The molecular formula is C23H17Cl2N5O2S. The Labute approximate surface area is 200 Å². The first-order chi connectivity index (χ1) is 15.9. The van der Waals surface area contributed by atoms with Crippen LogP contribution in [-0.2, 0) is 10.0 Å². The fourth-order valence-corrected chi connectivity index (χ4v) is 4.71. The highest BCUT2D eigenvalue weighted by atomic mass is 35.5. The van der Waals surface area contributed by atoms with Crippen LogP contribution >= 0.6 is 23.2 Å². The number of nitrogens with zero attached hydrogens (tertiary/aromatic N) is 3. The Morgan fingerprint density at radius 2 is 1.52 bits per heavy atom. The number of rotatable bonds is 5. The Morgan fingerprint density at radius 1 is 0.879 bits per heavy atom. The molecule has 0 amide bonds. The van der Waals surface area contributed by atoms with E-state index in [4.69, 9.17) is 23.2 Å². The lowest BCUT2D eigenvalue weighted by Gasteiger charge is -2.24. The molecule has 33 heavy (non-hydrogen) atoms. The van der Waals surface area contributed by atoms with Crippen LogP contribution in [0.15, 0.2) is 89.8 Å². The van der Waals surface area contributed by atoms with Gasteiger partial charge in [-0.25, -0.2) is 17.8 Å². The number of aromatic nitrogens is 3. The molecule has 0 fully saturated rings. The van der Waals surface area contributed by atoms with Crippen molar-refractivity contribution in [3.05, 3.63) is 106 Å². The Kier molecular flexibility index (Phi) is 5.57. The number of sulfonamides is 1. The zero-order valence-corrected chi connectivity index (χ0v) is 19.3. The van der Waals surface area contributed by atoms with Crippen LogP contribution < -0.4 is 10.0 Å². The quantitative estimate of drug-likeness (QED) is 0.383. The van der Waals surface area contributed by atoms with Crippen molar-refractivity contribution < 1.29 is 8.42 Å².